The molecule has 5 rings (SSSR count). The van der Waals surface area contributed by atoms with Crippen LogP contribution < -0.4 is 24.8 Å². The molecule has 0 aliphatic carbocycles. The average Bonchev–Trinajstić information content (AvgIpc) is 3.20. The van der Waals surface area contributed by atoms with Crippen molar-refractivity contribution in [3.8, 4) is 39.5 Å². The number of carbonyl (C=O) groups is 1. The number of nitro groups is 1. The van der Waals surface area contributed by atoms with Gasteiger partial charge in [-0.1, -0.05) is 54.1 Å². The molecule has 0 aliphatic rings. The number of ether oxygens (including phenoxy) is 3. The highest BCUT2D eigenvalue weighted by Crippen LogP contribution is 2.39. The van der Waals surface area contributed by atoms with Gasteiger partial charge >= 0.3 is 11.7 Å². The molecule has 0 fully saturated rings. The Morgan fingerprint density at radius 1 is 0.881 bits per heavy atom. The van der Waals surface area contributed by atoms with Gasteiger partial charge in [-0.3, -0.25) is 19.9 Å². The number of aliphatic hydroxyl groups is 2. The second-order valence-corrected chi connectivity index (χ2v) is 14.3. The van der Waals surface area contributed by atoms with Crippen molar-refractivity contribution in [3.63, 3.8) is 0 Å². The fraction of sp³-hybridized carbons (Fsp3) is 0.295. The maximum Gasteiger partial charge on any atom is 0.311 e. The van der Waals surface area contributed by atoms with Crippen LogP contribution in [0.15, 0.2) is 85.2 Å². The van der Waals surface area contributed by atoms with Crippen molar-refractivity contribution in [2.24, 2.45) is 0 Å². The third-order valence-electron chi connectivity index (χ3n) is 9.42. The highest BCUT2D eigenvalue weighted by molar-refractivity contribution is 6.32. The lowest BCUT2D eigenvalue weighted by Crippen LogP contribution is -2.31. The number of aliphatic carboxylic acids is 1. The lowest BCUT2D eigenvalue weighted by molar-refractivity contribution is -0.385. The molecule has 1 heterocycles. The molecule has 5 aromatic rings. The molecule has 0 spiro atoms. The topological polar surface area (TPSA) is 190 Å². The number of nitrogens with one attached hydrogen (secondary N) is 2. The first-order valence-corrected chi connectivity index (χ1v) is 19.2. The first-order chi connectivity index (χ1) is 28.3. The maximum absolute atomic E-state index is 12.1. The van der Waals surface area contributed by atoms with Crippen LogP contribution in [-0.4, -0.2) is 69.6 Å². The number of pyridine rings is 1. The van der Waals surface area contributed by atoms with Crippen LogP contribution in [0.3, 0.4) is 0 Å². The standard InChI is InChI=1S/C44H46ClN5O9/c1-27(51)20-48-22-33-16-39(45)43(19-42(33)58-25-30-15-34(46-4)23-49-21-30)59-26-32-7-5-9-37(28(32)2)38-10-6-8-36(29(38)3)31-11-12-41(40(17-31)50(55)56)57-14-13-47-24-35(52)18-44(53)54/h5-12,15-17,19,21,23,27,35,47-48,51-52H,13-14,18,20,22,24-26H2,1-3H3,(H,53,54)/t27-,35-/m0/s1. The predicted octanol–water partition coefficient (Wildman–Crippen LogP) is 7.58. The number of carboxylic acid groups (broad SMARTS) is 1. The van der Waals surface area contributed by atoms with E-state index >= 15 is 0 Å². The van der Waals surface area contributed by atoms with Crippen LogP contribution in [0.1, 0.15) is 41.2 Å². The fourth-order valence-electron chi connectivity index (χ4n) is 6.40. The number of nitrogens with zero attached hydrogens (tertiary/aromatic N) is 3. The summed E-state index contributed by atoms with van der Waals surface area (Å²) >= 11 is 6.75. The Bertz CT molecular complexity index is 2310. The van der Waals surface area contributed by atoms with E-state index in [-0.39, 0.29) is 44.3 Å². The molecule has 0 aliphatic heterocycles. The smallest absolute Gasteiger partial charge is 0.311 e. The van der Waals surface area contributed by atoms with E-state index in [4.69, 9.17) is 37.5 Å². The molecule has 308 valence electrons. The van der Waals surface area contributed by atoms with Gasteiger partial charge in [-0.2, -0.15) is 0 Å². The number of hydrogen-bond donors (Lipinski definition) is 5. The molecule has 0 amide bonds. The second-order valence-electron chi connectivity index (χ2n) is 13.9. The van der Waals surface area contributed by atoms with Gasteiger partial charge in [0, 0.05) is 56.3 Å². The Morgan fingerprint density at radius 2 is 1.61 bits per heavy atom. The van der Waals surface area contributed by atoms with Crippen LogP contribution in [0, 0.1) is 30.5 Å². The lowest BCUT2D eigenvalue weighted by Gasteiger charge is -2.18. The molecule has 0 unspecified atom stereocenters. The third-order valence-corrected chi connectivity index (χ3v) is 9.72. The van der Waals surface area contributed by atoms with E-state index in [9.17, 15) is 25.1 Å². The zero-order valence-electron chi connectivity index (χ0n) is 32.9. The summed E-state index contributed by atoms with van der Waals surface area (Å²) in [5.74, 6) is -0.0789. The molecule has 15 heteroatoms. The van der Waals surface area contributed by atoms with Gasteiger partial charge in [-0.05, 0) is 83.5 Å². The number of benzene rings is 4. The maximum atomic E-state index is 12.1. The third kappa shape index (κ3) is 12.2. The summed E-state index contributed by atoms with van der Waals surface area (Å²) in [6.07, 6.45) is 1.14. The van der Waals surface area contributed by atoms with Gasteiger partial charge < -0.3 is 40.2 Å². The van der Waals surface area contributed by atoms with E-state index in [1.165, 1.54) is 12.3 Å². The molecule has 1 aromatic heterocycles. The molecule has 5 N–H and O–H groups in total. The molecule has 0 saturated carbocycles. The van der Waals surface area contributed by atoms with Crippen molar-refractivity contribution in [2.45, 2.75) is 59.2 Å². The average molecular weight is 824 g/mol. The van der Waals surface area contributed by atoms with E-state index in [0.29, 0.717) is 40.9 Å². The number of aliphatic hydroxyl groups excluding tert-OH is 2. The van der Waals surface area contributed by atoms with Crippen LogP contribution >= 0.6 is 11.6 Å². The van der Waals surface area contributed by atoms with Gasteiger partial charge in [-0.15, -0.1) is 0 Å². The minimum Gasteiger partial charge on any atom is -0.488 e. The first kappa shape index (κ1) is 44.0. The second kappa shape index (κ2) is 21.1. The van der Waals surface area contributed by atoms with E-state index < -0.39 is 29.5 Å². The SMILES string of the molecule is [C-]#[N+]c1cncc(COc2cc(OCc3cccc(-c4cccc(-c5ccc(OCCNC[C@@H](O)CC(=O)O)c([N+](=O)[O-])c5)c4C)c3C)c(Cl)cc2CNC[C@H](C)O)c1. The normalized spacial score (nSPS) is 12.0. The van der Waals surface area contributed by atoms with Crippen molar-refractivity contribution < 1.29 is 39.2 Å². The Morgan fingerprint density at radius 3 is 2.34 bits per heavy atom. The summed E-state index contributed by atoms with van der Waals surface area (Å²) in [6, 6.07) is 21.8. The number of rotatable bonds is 21. The molecule has 59 heavy (non-hydrogen) atoms. The Kier molecular flexibility index (Phi) is 15.7. The van der Waals surface area contributed by atoms with Gasteiger partial charge in [0.2, 0.25) is 5.69 Å². The summed E-state index contributed by atoms with van der Waals surface area (Å²) in [4.78, 5) is 29.9. The molecule has 0 bridgehead atoms. The van der Waals surface area contributed by atoms with Crippen LogP contribution in [0.4, 0.5) is 11.4 Å². The summed E-state index contributed by atoms with van der Waals surface area (Å²) in [6.45, 7) is 14.5. The number of aromatic nitrogens is 1. The van der Waals surface area contributed by atoms with Gasteiger partial charge in [0.15, 0.2) is 5.75 Å². The zero-order chi connectivity index (χ0) is 42.5. The molecular weight excluding hydrogens is 778 g/mol. The van der Waals surface area contributed by atoms with E-state index in [2.05, 4.69) is 20.5 Å². The Balaban J connectivity index is 1.33. The van der Waals surface area contributed by atoms with Crippen molar-refractivity contribution in [3.05, 3.63) is 140 Å². The van der Waals surface area contributed by atoms with Gasteiger partial charge in [0.05, 0.1) is 35.1 Å². The van der Waals surface area contributed by atoms with E-state index in [1.54, 1.807) is 43.5 Å². The van der Waals surface area contributed by atoms with Gasteiger partial charge in [0.1, 0.15) is 31.3 Å². The number of hydrogen-bond acceptors (Lipinski definition) is 11. The molecule has 14 nitrogen and oxygen atoms in total. The number of halogens is 1. The molecule has 2 atom stereocenters. The van der Waals surface area contributed by atoms with Gasteiger partial charge in [-0.25, -0.2) is 4.85 Å². The molecule has 4 aromatic carbocycles. The number of carboxylic acids is 1. The quantitative estimate of drug-likeness (QED) is 0.0212. The monoisotopic (exact) mass is 823 g/mol. The van der Waals surface area contributed by atoms with E-state index in [1.807, 2.05) is 50.2 Å². The van der Waals surface area contributed by atoms with Crippen molar-refractivity contribution in [1.82, 2.24) is 15.6 Å². The highest BCUT2D eigenvalue weighted by atomic mass is 35.5. The highest BCUT2D eigenvalue weighted by Gasteiger charge is 2.20. The largest absolute Gasteiger partial charge is 0.488 e. The lowest BCUT2D eigenvalue weighted by atomic mass is 9.89. The first-order valence-electron chi connectivity index (χ1n) is 18.8. The summed E-state index contributed by atoms with van der Waals surface area (Å²) in [5.41, 5.74) is 7.87. The van der Waals surface area contributed by atoms with E-state index in [0.717, 1.165) is 44.5 Å². The van der Waals surface area contributed by atoms with Crippen LogP contribution in [0.2, 0.25) is 5.02 Å². The van der Waals surface area contributed by atoms with Crippen molar-refractivity contribution >= 4 is 28.9 Å². The minimum absolute atomic E-state index is 0.0481. The minimum atomic E-state index is -1.11. The predicted molar refractivity (Wildman–Crippen MR) is 224 cm³/mol. The van der Waals surface area contributed by atoms with Crippen LogP contribution in [-0.2, 0) is 24.6 Å². The summed E-state index contributed by atoms with van der Waals surface area (Å²) < 4.78 is 18.2. The van der Waals surface area contributed by atoms with Crippen molar-refractivity contribution in [1.29, 1.82) is 0 Å². The zero-order valence-corrected chi connectivity index (χ0v) is 33.7. The van der Waals surface area contributed by atoms with Gasteiger partial charge in [0.25, 0.3) is 0 Å². The Hall–Kier alpha value is -6.08. The molecule has 0 radical (unpaired) electrons. The van der Waals surface area contributed by atoms with Crippen molar-refractivity contribution in [2.75, 3.05) is 26.2 Å². The number of nitro benzene ring substituents is 1. The summed E-state index contributed by atoms with van der Waals surface area (Å²) in [5, 5.41) is 46.8. The fourth-order valence-corrected chi connectivity index (χ4v) is 6.64. The molecule has 0 saturated heterocycles. The van der Waals surface area contributed by atoms with Crippen LogP contribution in [0.25, 0.3) is 27.1 Å². The van der Waals surface area contributed by atoms with Crippen LogP contribution in [0.5, 0.6) is 17.2 Å². The summed E-state index contributed by atoms with van der Waals surface area (Å²) in [7, 11) is 0. The molecular formula is C44H46ClN5O9. The Labute approximate surface area is 347 Å².